The fourth-order valence-corrected chi connectivity index (χ4v) is 3.43. The van der Waals surface area contributed by atoms with Gasteiger partial charge in [0.05, 0.1) is 12.3 Å². The van der Waals surface area contributed by atoms with Crippen molar-refractivity contribution >= 4 is 23.1 Å². The first-order chi connectivity index (χ1) is 12.8. The van der Waals surface area contributed by atoms with Crippen molar-refractivity contribution < 1.29 is 4.74 Å². The maximum absolute atomic E-state index is 5.67. The SMILES string of the molecule is CCOc1ccccc1Nc1nccc(N2c3ccccc3CC2C)n1. The third-order valence-corrected chi connectivity index (χ3v) is 4.53. The first-order valence-electron chi connectivity index (χ1n) is 8.95. The summed E-state index contributed by atoms with van der Waals surface area (Å²) in [5.41, 5.74) is 3.44. The Hall–Kier alpha value is -3.08. The lowest BCUT2D eigenvalue weighted by atomic mass is 10.1. The molecule has 132 valence electrons. The topological polar surface area (TPSA) is 50.3 Å². The zero-order chi connectivity index (χ0) is 17.9. The van der Waals surface area contributed by atoms with E-state index in [1.54, 1.807) is 6.20 Å². The lowest BCUT2D eigenvalue weighted by Crippen LogP contribution is -2.25. The van der Waals surface area contributed by atoms with Gasteiger partial charge in [-0.05, 0) is 50.1 Å². The summed E-state index contributed by atoms with van der Waals surface area (Å²) in [6.45, 7) is 4.81. The Bertz CT molecular complexity index is 912. The smallest absolute Gasteiger partial charge is 0.229 e. The number of para-hydroxylation sites is 3. The molecule has 26 heavy (non-hydrogen) atoms. The standard InChI is InChI=1S/C21H22N4O/c1-3-26-19-11-7-5-9-17(19)23-21-22-13-12-20(24-21)25-15(2)14-16-8-4-6-10-18(16)25/h4-13,15H,3,14H2,1-2H3,(H,22,23,24). The van der Waals surface area contributed by atoms with E-state index in [0.29, 0.717) is 18.6 Å². The van der Waals surface area contributed by atoms with Gasteiger partial charge in [-0.25, -0.2) is 4.98 Å². The predicted octanol–water partition coefficient (Wildman–Crippen LogP) is 4.70. The van der Waals surface area contributed by atoms with Gasteiger partial charge in [0.1, 0.15) is 11.6 Å². The van der Waals surface area contributed by atoms with Crippen molar-refractivity contribution in [2.45, 2.75) is 26.3 Å². The molecular formula is C21H22N4O. The van der Waals surface area contributed by atoms with E-state index in [4.69, 9.17) is 9.72 Å². The molecule has 5 heteroatoms. The van der Waals surface area contributed by atoms with Gasteiger partial charge in [0.15, 0.2) is 0 Å². The van der Waals surface area contributed by atoms with Gasteiger partial charge < -0.3 is 15.0 Å². The van der Waals surface area contributed by atoms with Crippen molar-refractivity contribution in [3.63, 3.8) is 0 Å². The van der Waals surface area contributed by atoms with Gasteiger partial charge >= 0.3 is 0 Å². The summed E-state index contributed by atoms with van der Waals surface area (Å²) in [5.74, 6) is 2.25. The average molecular weight is 346 g/mol. The zero-order valence-corrected chi connectivity index (χ0v) is 15.0. The summed E-state index contributed by atoms with van der Waals surface area (Å²) in [5, 5.41) is 3.29. The van der Waals surface area contributed by atoms with Crippen LogP contribution in [0.4, 0.5) is 23.1 Å². The molecule has 1 aliphatic heterocycles. The van der Waals surface area contributed by atoms with Gasteiger partial charge in [-0.15, -0.1) is 0 Å². The molecule has 0 aliphatic carbocycles. The molecule has 2 aromatic carbocycles. The van der Waals surface area contributed by atoms with Gasteiger partial charge in [-0.1, -0.05) is 30.3 Å². The van der Waals surface area contributed by atoms with Crippen LogP contribution < -0.4 is 15.0 Å². The molecule has 1 atom stereocenters. The van der Waals surface area contributed by atoms with Crippen LogP contribution in [0.15, 0.2) is 60.8 Å². The molecule has 0 saturated carbocycles. The van der Waals surface area contributed by atoms with E-state index < -0.39 is 0 Å². The molecule has 0 spiro atoms. The molecule has 3 aromatic rings. The number of fused-ring (bicyclic) bond motifs is 1. The quantitative estimate of drug-likeness (QED) is 0.725. The lowest BCUT2D eigenvalue weighted by Gasteiger charge is -2.24. The molecule has 4 rings (SSSR count). The highest BCUT2D eigenvalue weighted by atomic mass is 16.5. The zero-order valence-electron chi connectivity index (χ0n) is 15.0. The normalized spacial score (nSPS) is 15.6. The van der Waals surface area contributed by atoms with E-state index >= 15 is 0 Å². The van der Waals surface area contributed by atoms with Crippen molar-refractivity contribution in [2.75, 3.05) is 16.8 Å². The number of aromatic nitrogens is 2. The number of hydrogen-bond acceptors (Lipinski definition) is 5. The van der Waals surface area contributed by atoms with Crippen LogP contribution in [0.2, 0.25) is 0 Å². The molecule has 1 N–H and O–H groups in total. The second kappa shape index (κ2) is 7.04. The van der Waals surface area contributed by atoms with Crippen LogP contribution in [0.3, 0.4) is 0 Å². The molecule has 1 aromatic heterocycles. The van der Waals surface area contributed by atoms with Gasteiger partial charge in [0.25, 0.3) is 0 Å². The molecule has 0 fully saturated rings. The van der Waals surface area contributed by atoms with E-state index in [9.17, 15) is 0 Å². The van der Waals surface area contributed by atoms with Crippen molar-refractivity contribution in [2.24, 2.45) is 0 Å². The summed E-state index contributed by atoms with van der Waals surface area (Å²) >= 11 is 0. The highest BCUT2D eigenvalue weighted by Crippen LogP contribution is 2.37. The van der Waals surface area contributed by atoms with E-state index in [-0.39, 0.29) is 0 Å². The Morgan fingerprint density at radius 3 is 2.81 bits per heavy atom. The van der Waals surface area contributed by atoms with E-state index in [1.165, 1.54) is 11.3 Å². The third-order valence-electron chi connectivity index (χ3n) is 4.53. The molecule has 0 radical (unpaired) electrons. The summed E-state index contributed by atoms with van der Waals surface area (Å²) in [7, 11) is 0. The summed E-state index contributed by atoms with van der Waals surface area (Å²) < 4.78 is 5.67. The van der Waals surface area contributed by atoms with Crippen molar-refractivity contribution in [3.05, 3.63) is 66.4 Å². The lowest BCUT2D eigenvalue weighted by molar-refractivity contribution is 0.342. The van der Waals surface area contributed by atoms with Crippen molar-refractivity contribution in [1.29, 1.82) is 0 Å². The molecular weight excluding hydrogens is 324 g/mol. The number of benzene rings is 2. The summed E-state index contributed by atoms with van der Waals surface area (Å²) in [6, 6.07) is 18.6. The Balaban J connectivity index is 1.64. The fourth-order valence-electron chi connectivity index (χ4n) is 3.43. The largest absolute Gasteiger partial charge is 0.492 e. The minimum absolute atomic E-state index is 0.367. The maximum Gasteiger partial charge on any atom is 0.229 e. The highest BCUT2D eigenvalue weighted by molar-refractivity contribution is 5.70. The van der Waals surface area contributed by atoms with E-state index in [0.717, 1.165) is 23.7 Å². The molecule has 0 amide bonds. The minimum Gasteiger partial charge on any atom is -0.492 e. The van der Waals surface area contributed by atoms with Crippen molar-refractivity contribution in [3.8, 4) is 5.75 Å². The highest BCUT2D eigenvalue weighted by Gasteiger charge is 2.27. The number of anilines is 4. The number of nitrogens with one attached hydrogen (secondary N) is 1. The predicted molar refractivity (Wildman–Crippen MR) is 105 cm³/mol. The molecule has 2 heterocycles. The summed E-state index contributed by atoms with van der Waals surface area (Å²) in [4.78, 5) is 11.4. The van der Waals surface area contributed by atoms with Crippen LogP contribution in [0, 0.1) is 0 Å². The Morgan fingerprint density at radius 2 is 1.92 bits per heavy atom. The van der Waals surface area contributed by atoms with Gasteiger partial charge in [0, 0.05) is 17.9 Å². The number of rotatable bonds is 5. The Labute approximate surface area is 153 Å². The fraction of sp³-hybridized carbons (Fsp3) is 0.238. The Morgan fingerprint density at radius 1 is 1.12 bits per heavy atom. The third kappa shape index (κ3) is 3.08. The second-order valence-corrected chi connectivity index (χ2v) is 6.34. The number of nitrogens with zero attached hydrogens (tertiary/aromatic N) is 3. The van der Waals surface area contributed by atoms with Crippen LogP contribution in [-0.2, 0) is 6.42 Å². The molecule has 0 bridgehead atoms. The van der Waals surface area contributed by atoms with E-state index in [2.05, 4.69) is 46.4 Å². The molecule has 5 nitrogen and oxygen atoms in total. The van der Waals surface area contributed by atoms with Crippen LogP contribution in [0.25, 0.3) is 0 Å². The van der Waals surface area contributed by atoms with Crippen LogP contribution in [0.1, 0.15) is 19.4 Å². The van der Waals surface area contributed by atoms with Crippen molar-refractivity contribution in [1.82, 2.24) is 9.97 Å². The monoisotopic (exact) mass is 346 g/mol. The van der Waals surface area contributed by atoms with Gasteiger partial charge in [-0.3, -0.25) is 0 Å². The second-order valence-electron chi connectivity index (χ2n) is 6.34. The van der Waals surface area contributed by atoms with E-state index in [1.807, 2.05) is 37.3 Å². The first-order valence-corrected chi connectivity index (χ1v) is 8.95. The maximum atomic E-state index is 5.67. The minimum atomic E-state index is 0.367. The van der Waals surface area contributed by atoms with Crippen LogP contribution in [-0.4, -0.2) is 22.6 Å². The van der Waals surface area contributed by atoms with Crippen LogP contribution >= 0.6 is 0 Å². The number of hydrogen-bond donors (Lipinski definition) is 1. The summed E-state index contributed by atoms with van der Waals surface area (Å²) in [6.07, 6.45) is 2.82. The number of ether oxygens (including phenoxy) is 1. The first kappa shape index (κ1) is 16.4. The average Bonchev–Trinajstić information content (AvgIpc) is 2.99. The molecule has 1 unspecified atom stereocenters. The Kier molecular flexibility index (Phi) is 4.44. The van der Waals surface area contributed by atoms with Gasteiger partial charge in [0.2, 0.25) is 5.95 Å². The van der Waals surface area contributed by atoms with Gasteiger partial charge in [-0.2, -0.15) is 4.98 Å². The molecule has 1 aliphatic rings. The van der Waals surface area contributed by atoms with Crippen LogP contribution in [0.5, 0.6) is 5.75 Å². The molecule has 0 saturated heterocycles.